The Hall–Kier alpha value is -1.75. The van der Waals surface area contributed by atoms with Crippen molar-refractivity contribution in [2.45, 2.75) is 19.4 Å². The van der Waals surface area contributed by atoms with E-state index in [0.29, 0.717) is 25.4 Å². The van der Waals surface area contributed by atoms with Crippen molar-refractivity contribution in [2.24, 2.45) is 0 Å². The standard InChI is InChI=1S/C14H20N2O3/c1-2-7-16(8-9-17)14(18)13-10-15-11-5-3-4-6-12(11)19-13/h3-6,13,15,17H,2,7-10H2,1H3. The minimum absolute atomic E-state index is 0.0253. The summed E-state index contributed by atoms with van der Waals surface area (Å²) < 4.78 is 5.73. The van der Waals surface area contributed by atoms with E-state index in [-0.39, 0.29) is 12.5 Å². The Bertz CT molecular complexity index is 430. The van der Waals surface area contributed by atoms with E-state index in [4.69, 9.17) is 9.84 Å². The van der Waals surface area contributed by atoms with Crippen LogP contribution in [0.3, 0.4) is 0 Å². The number of para-hydroxylation sites is 2. The zero-order chi connectivity index (χ0) is 13.7. The summed E-state index contributed by atoms with van der Waals surface area (Å²) in [6.07, 6.45) is 0.343. The molecule has 1 heterocycles. The Morgan fingerprint density at radius 1 is 1.47 bits per heavy atom. The van der Waals surface area contributed by atoms with Crippen LogP contribution in [-0.4, -0.2) is 48.3 Å². The van der Waals surface area contributed by atoms with Crippen LogP contribution in [0, 0.1) is 0 Å². The summed E-state index contributed by atoms with van der Waals surface area (Å²) in [5.74, 6) is 0.630. The van der Waals surface area contributed by atoms with E-state index in [1.807, 2.05) is 31.2 Å². The topological polar surface area (TPSA) is 61.8 Å². The fraction of sp³-hybridized carbons (Fsp3) is 0.500. The van der Waals surface area contributed by atoms with Crippen LogP contribution in [0.1, 0.15) is 13.3 Å². The van der Waals surface area contributed by atoms with E-state index in [1.165, 1.54) is 0 Å². The van der Waals surface area contributed by atoms with Gasteiger partial charge in [-0.25, -0.2) is 0 Å². The number of ether oxygens (including phenoxy) is 1. The molecule has 1 amide bonds. The first-order valence-electron chi connectivity index (χ1n) is 6.65. The molecule has 1 atom stereocenters. The molecule has 2 N–H and O–H groups in total. The maximum absolute atomic E-state index is 12.3. The third kappa shape index (κ3) is 3.17. The first-order valence-corrected chi connectivity index (χ1v) is 6.65. The molecular weight excluding hydrogens is 244 g/mol. The molecule has 0 bridgehead atoms. The molecule has 19 heavy (non-hydrogen) atoms. The number of hydrogen-bond donors (Lipinski definition) is 2. The number of nitrogens with one attached hydrogen (secondary N) is 1. The van der Waals surface area contributed by atoms with E-state index < -0.39 is 6.10 Å². The molecule has 1 aromatic carbocycles. The smallest absolute Gasteiger partial charge is 0.265 e. The first kappa shape index (κ1) is 13.7. The molecule has 5 heteroatoms. The summed E-state index contributed by atoms with van der Waals surface area (Å²) in [5.41, 5.74) is 0.913. The van der Waals surface area contributed by atoms with Crippen molar-refractivity contribution in [1.29, 1.82) is 0 Å². The second-order valence-electron chi connectivity index (χ2n) is 4.53. The number of benzene rings is 1. The normalized spacial score (nSPS) is 17.1. The van der Waals surface area contributed by atoms with Crippen molar-refractivity contribution in [3.63, 3.8) is 0 Å². The second kappa shape index (κ2) is 6.43. The van der Waals surface area contributed by atoms with Crippen molar-refractivity contribution in [3.05, 3.63) is 24.3 Å². The zero-order valence-corrected chi connectivity index (χ0v) is 11.1. The van der Waals surface area contributed by atoms with Gasteiger partial charge in [-0.2, -0.15) is 0 Å². The largest absolute Gasteiger partial charge is 0.477 e. The van der Waals surface area contributed by atoms with E-state index in [0.717, 1.165) is 12.1 Å². The molecule has 0 radical (unpaired) electrons. The average molecular weight is 264 g/mol. The van der Waals surface area contributed by atoms with Crippen molar-refractivity contribution in [1.82, 2.24) is 4.90 Å². The molecule has 0 spiro atoms. The van der Waals surface area contributed by atoms with Crippen molar-refractivity contribution < 1.29 is 14.6 Å². The van der Waals surface area contributed by atoms with Crippen molar-refractivity contribution in [2.75, 3.05) is 31.6 Å². The molecule has 1 aromatic rings. The van der Waals surface area contributed by atoms with Crippen LogP contribution in [0.25, 0.3) is 0 Å². The third-order valence-corrected chi connectivity index (χ3v) is 3.08. The molecule has 1 unspecified atom stereocenters. The summed E-state index contributed by atoms with van der Waals surface area (Å²) in [6, 6.07) is 7.57. The van der Waals surface area contributed by atoms with Crippen LogP contribution in [0.2, 0.25) is 0 Å². The summed E-state index contributed by atoms with van der Waals surface area (Å²) in [5, 5.41) is 12.2. The van der Waals surface area contributed by atoms with E-state index >= 15 is 0 Å². The molecular formula is C14H20N2O3. The lowest BCUT2D eigenvalue weighted by molar-refractivity contribution is -0.138. The first-order chi connectivity index (χ1) is 9.26. The number of anilines is 1. The molecule has 5 nitrogen and oxygen atoms in total. The molecule has 0 saturated heterocycles. The molecule has 104 valence electrons. The number of carbonyl (C=O) groups excluding carboxylic acids is 1. The number of nitrogens with zero attached hydrogens (tertiary/aromatic N) is 1. The molecule has 0 saturated carbocycles. The van der Waals surface area contributed by atoms with Gasteiger partial charge in [0.05, 0.1) is 18.8 Å². The summed E-state index contributed by atoms with van der Waals surface area (Å²) in [4.78, 5) is 14.0. The minimum Gasteiger partial charge on any atom is -0.477 e. The lowest BCUT2D eigenvalue weighted by Gasteiger charge is -2.31. The van der Waals surface area contributed by atoms with E-state index in [2.05, 4.69) is 5.32 Å². The summed E-state index contributed by atoms with van der Waals surface area (Å²) in [6.45, 7) is 3.44. The fourth-order valence-corrected chi connectivity index (χ4v) is 2.18. The van der Waals surface area contributed by atoms with Crippen LogP contribution in [0.4, 0.5) is 5.69 Å². The van der Waals surface area contributed by atoms with Gasteiger partial charge >= 0.3 is 0 Å². The number of carbonyl (C=O) groups is 1. The SMILES string of the molecule is CCCN(CCO)C(=O)C1CNc2ccccc2O1. The van der Waals surface area contributed by atoms with Gasteiger partial charge in [-0.3, -0.25) is 4.79 Å². The highest BCUT2D eigenvalue weighted by Gasteiger charge is 2.29. The van der Waals surface area contributed by atoms with Crippen molar-refractivity contribution >= 4 is 11.6 Å². The monoisotopic (exact) mass is 264 g/mol. The Morgan fingerprint density at radius 2 is 2.26 bits per heavy atom. The van der Waals surface area contributed by atoms with Gasteiger partial charge in [-0.1, -0.05) is 19.1 Å². The van der Waals surface area contributed by atoms with Crippen LogP contribution >= 0.6 is 0 Å². The minimum atomic E-state index is -0.520. The van der Waals surface area contributed by atoms with Gasteiger partial charge in [0.25, 0.3) is 5.91 Å². The van der Waals surface area contributed by atoms with Gasteiger partial charge in [-0.15, -0.1) is 0 Å². The molecule has 1 aliphatic rings. The van der Waals surface area contributed by atoms with Crippen molar-refractivity contribution in [3.8, 4) is 5.75 Å². The number of hydrogen-bond acceptors (Lipinski definition) is 4. The number of amides is 1. The highest BCUT2D eigenvalue weighted by Crippen LogP contribution is 2.28. The van der Waals surface area contributed by atoms with Gasteiger partial charge in [0, 0.05) is 13.1 Å². The van der Waals surface area contributed by atoms with Gasteiger partial charge in [0.15, 0.2) is 6.10 Å². The Labute approximate surface area is 113 Å². The number of aliphatic hydroxyl groups is 1. The van der Waals surface area contributed by atoms with E-state index in [1.54, 1.807) is 4.90 Å². The van der Waals surface area contributed by atoms with Gasteiger partial charge < -0.3 is 20.1 Å². The maximum atomic E-state index is 12.3. The lowest BCUT2D eigenvalue weighted by Crippen LogP contribution is -2.48. The summed E-state index contributed by atoms with van der Waals surface area (Å²) >= 11 is 0. The van der Waals surface area contributed by atoms with Crippen LogP contribution in [0.15, 0.2) is 24.3 Å². The maximum Gasteiger partial charge on any atom is 0.265 e. The lowest BCUT2D eigenvalue weighted by atomic mass is 10.2. The second-order valence-corrected chi connectivity index (χ2v) is 4.53. The van der Waals surface area contributed by atoms with Gasteiger partial charge in [0.1, 0.15) is 5.75 Å². The quantitative estimate of drug-likeness (QED) is 0.835. The third-order valence-electron chi connectivity index (χ3n) is 3.08. The Morgan fingerprint density at radius 3 is 3.00 bits per heavy atom. The van der Waals surface area contributed by atoms with Gasteiger partial charge in [0.2, 0.25) is 0 Å². The van der Waals surface area contributed by atoms with E-state index in [9.17, 15) is 4.79 Å². The molecule has 0 aromatic heterocycles. The highest BCUT2D eigenvalue weighted by molar-refractivity contribution is 5.83. The Balaban J connectivity index is 2.04. The summed E-state index contributed by atoms with van der Waals surface area (Å²) in [7, 11) is 0. The Kier molecular flexibility index (Phi) is 4.63. The predicted molar refractivity (Wildman–Crippen MR) is 73.3 cm³/mol. The number of fused-ring (bicyclic) bond motifs is 1. The predicted octanol–water partition coefficient (Wildman–Crippen LogP) is 1.09. The number of rotatable bonds is 5. The number of aliphatic hydroxyl groups excluding tert-OH is 1. The zero-order valence-electron chi connectivity index (χ0n) is 11.1. The molecule has 0 aliphatic carbocycles. The molecule has 2 rings (SSSR count). The fourth-order valence-electron chi connectivity index (χ4n) is 2.18. The van der Waals surface area contributed by atoms with Crippen LogP contribution < -0.4 is 10.1 Å². The molecule has 0 fully saturated rings. The highest BCUT2D eigenvalue weighted by atomic mass is 16.5. The van der Waals surface area contributed by atoms with Crippen LogP contribution in [-0.2, 0) is 4.79 Å². The van der Waals surface area contributed by atoms with Gasteiger partial charge in [-0.05, 0) is 18.6 Å². The van der Waals surface area contributed by atoms with Crippen LogP contribution in [0.5, 0.6) is 5.75 Å². The average Bonchev–Trinajstić information content (AvgIpc) is 2.46. The molecule has 1 aliphatic heterocycles.